The Morgan fingerprint density at radius 3 is 2.74 bits per heavy atom. The van der Waals surface area contributed by atoms with Gasteiger partial charge in [0.25, 0.3) is 5.91 Å². The number of nitrogens with one attached hydrogen (secondary N) is 1. The average Bonchev–Trinajstić information content (AvgIpc) is 3.27. The summed E-state index contributed by atoms with van der Waals surface area (Å²) in [6, 6.07) is 9.78. The van der Waals surface area contributed by atoms with Crippen molar-refractivity contribution in [2.45, 2.75) is 6.04 Å². The number of amides is 1. The molecule has 1 amide bonds. The molecule has 0 spiro atoms. The third kappa shape index (κ3) is 3.69. The predicted molar refractivity (Wildman–Crippen MR) is 92.9 cm³/mol. The van der Waals surface area contributed by atoms with Crippen molar-refractivity contribution in [2.24, 2.45) is 0 Å². The Kier molecular flexibility index (Phi) is 4.90. The largest absolute Gasteiger partial charge is 0.355 e. The van der Waals surface area contributed by atoms with E-state index in [1.165, 1.54) is 4.88 Å². The molecule has 0 bridgehead atoms. The van der Waals surface area contributed by atoms with Crippen LogP contribution in [-0.4, -0.2) is 36.6 Å². The van der Waals surface area contributed by atoms with Gasteiger partial charge in [-0.2, -0.15) is 0 Å². The van der Waals surface area contributed by atoms with Crippen LogP contribution in [0.5, 0.6) is 0 Å². The van der Waals surface area contributed by atoms with Crippen molar-refractivity contribution in [2.75, 3.05) is 20.6 Å². The van der Waals surface area contributed by atoms with Gasteiger partial charge in [0.2, 0.25) is 0 Å². The van der Waals surface area contributed by atoms with E-state index in [9.17, 15) is 4.79 Å². The summed E-state index contributed by atoms with van der Waals surface area (Å²) in [5.41, 5.74) is 0.303. The Balaban J connectivity index is 1.65. The van der Waals surface area contributed by atoms with E-state index in [1.54, 1.807) is 28.7 Å². The molecule has 0 aromatic carbocycles. The SMILES string of the molecule is CN(C)[C@H](CNC(=O)c1cc(-c2cccs2)on1)c1cccs1. The topological polar surface area (TPSA) is 58.4 Å². The summed E-state index contributed by atoms with van der Waals surface area (Å²) in [5.74, 6) is 0.396. The lowest BCUT2D eigenvalue weighted by molar-refractivity contribution is 0.0933. The van der Waals surface area contributed by atoms with Crippen LogP contribution in [0, 0.1) is 0 Å². The van der Waals surface area contributed by atoms with E-state index in [0.29, 0.717) is 18.0 Å². The quantitative estimate of drug-likeness (QED) is 0.741. The Bertz CT molecular complexity index is 748. The lowest BCUT2D eigenvalue weighted by atomic mass is 10.2. The monoisotopic (exact) mass is 347 g/mol. The molecule has 0 saturated heterocycles. The van der Waals surface area contributed by atoms with Crippen LogP contribution in [0.15, 0.2) is 45.6 Å². The Morgan fingerprint density at radius 1 is 1.30 bits per heavy atom. The van der Waals surface area contributed by atoms with E-state index in [4.69, 9.17) is 4.52 Å². The fraction of sp³-hybridized carbons (Fsp3) is 0.250. The van der Waals surface area contributed by atoms with Crippen molar-refractivity contribution in [1.82, 2.24) is 15.4 Å². The number of hydrogen-bond acceptors (Lipinski definition) is 6. The van der Waals surface area contributed by atoms with E-state index < -0.39 is 0 Å². The van der Waals surface area contributed by atoms with Gasteiger partial charge < -0.3 is 14.7 Å². The van der Waals surface area contributed by atoms with Crippen LogP contribution in [0.2, 0.25) is 0 Å². The summed E-state index contributed by atoms with van der Waals surface area (Å²) in [6.07, 6.45) is 0. The second-order valence-corrected chi connectivity index (χ2v) is 7.19. The highest BCUT2D eigenvalue weighted by atomic mass is 32.1. The normalized spacial score (nSPS) is 12.5. The average molecular weight is 347 g/mol. The maximum absolute atomic E-state index is 12.3. The molecule has 0 aliphatic carbocycles. The Morgan fingerprint density at radius 2 is 2.09 bits per heavy atom. The number of thiophene rings is 2. The van der Waals surface area contributed by atoms with Crippen molar-refractivity contribution in [3.8, 4) is 10.6 Å². The zero-order valence-corrected chi connectivity index (χ0v) is 14.5. The first-order valence-electron chi connectivity index (χ1n) is 7.14. The summed E-state index contributed by atoms with van der Waals surface area (Å²) < 4.78 is 5.25. The molecule has 3 heterocycles. The van der Waals surface area contributed by atoms with Crippen LogP contribution >= 0.6 is 22.7 Å². The van der Waals surface area contributed by atoms with E-state index in [1.807, 2.05) is 43.1 Å². The molecule has 3 aromatic heterocycles. The van der Waals surface area contributed by atoms with Gasteiger partial charge in [-0.1, -0.05) is 17.3 Å². The second-order valence-electron chi connectivity index (χ2n) is 5.26. The molecule has 0 fully saturated rings. The maximum atomic E-state index is 12.3. The minimum absolute atomic E-state index is 0.141. The minimum Gasteiger partial charge on any atom is -0.355 e. The van der Waals surface area contributed by atoms with Gasteiger partial charge in [-0.05, 0) is 37.0 Å². The third-order valence-electron chi connectivity index (χ3n) is 3.46. The standard InChI is InChI=1S/C16H17N3O2S2/c1-19(2)12(14-5-3-7-22-14)10-17-16(20)11-9-13(21-18-11)15-6-4-8-23-15/h3-9,12H,10H2,1-2H3,(H,17,20)/t12-/m1/s1. The second kappa shape index (κ2) is 7.08. The van der Waals surface area contributed by atoms with Gasteiger partial charge in [-0.25, -0.2) is 0 Å². The van der Waals surface area contributed by atoms with Crippen LogP contribution in [0.25, 0.3) is 10.6 Å². The molecule has 1 N–H and O–H groups in total. The molecule has 1 atom stereocenters. The van der Waals surface area contributed by atoms with Crippen LogP contribution in [0.1, 0.15) is 21.4 Å². The van der Waals surface area contributed by atoms with Gasteiger partial charge >= 0.3 is 0 Å². The highest BCUT2D eigenvalue weighted by Gasteiger charge is 2.19. The number of carbonyl (C=O) groups is 1. The molecular formula is C16H17N3O2S2. The highest BCUT2D eigenvalue weighted by Crippen LogP contribution is 2.25. The summed E-state index contributed by atoms with van der Waals surface area (Å²) in [6.45, 7) is 0.521. The van der Waals surface area contributed by atoms with E-state index in [2.05, 4.69) is 21.4 Å². The Hall–Kier alpha value is -1.96. The third-order valence-corrected chi connectivity index (χ3v) is 5.32. The molecule has 23 heavy (non-hydrogen) atoms. The predicted octanol–water partition coefficient (Wildman–Crippen LogP) is 3.50. The molecular weight excluding hydrogens is 330 g/mol. The van der Waals surface area contributed by atoms with Gasteiger partial charge in [0.1, 0.15) is 0 Å². The molecule has 0 unspecified atom stereocenters. The van der Waals surface area contributed by atoms with Crippen molar-refractivity contribution < 1.29 is 9.32 Å². The summed E-state index contributed by atoms with van der Waals surface area (Å²) in [7, 11) is 4.00. The van der Waals surface area contributed by atoms with E-state index >= 15 is 0 Å². The number of rotatable bonds is 6. The molecule has 0 radical (unpaired) electrons. The summed E-state index contributed by atoms with van der Waals surface area (Å²) in [5, 5.41) is 10.8. The van der Waals surface area contributed by atoms with E-state index in [0.717, 1.165) is 4.88 Å². The maximum Gasteiger partial charge on any atom is 0.273 e. The summed E-state index contributed by atoms with van der Waals surface area (Å²) >= 11 is 3.23. The molecule has 7 heteroatoms. The zero-order valence-electron chi connectivity index (χ0n) is 12.9. The first-order valence-corrected chi connectivity index (χ1v) is 8.89. The molecule has 5 nitrogen and oxygen atoms in total. The minimum atomic E-state index is -0.222. The molecule has 0 aliphatic heterocycles. The number of hydrogen-bond donors (Lipinski definition) is 1. The first kappa shape index (κ1) is 15.9. The number of carbonyl (C=O) groups excluding carboxylic acids is 1. The fourth-order valence-corrected chi connectivity index (χ4v) is 3.81. The lowest BCUT2D eigenvalue weighted by Gasteiger charge is -2.23. The Labute approximate surface area is 142 Å². The number of nitrogens with zero attached hydrogens (tertiary/aromatic N) is 2. The van der Waals surface area contributed by atoms with Crippen LogP contribution in [-0.2, 0) is 0 Å². The van der Waals surface area contributed by atoms with Gasteiger partial charge in [-0.15, -0.1) is 22.7 Å². The highest BCUT2D eigenvalue weighted by molar-refractivity contribution is 7.13. The first-order chi connectivity index (χ1) is 11.1. The van der Waals surface area contributed by atoms with Crippen molar-refractivity contribution >= 4 is 28.6 Å². The molecule has 3 aromatic rings. The number of likely N-dealkylation sites (N-methyl/N-ethyl adjacent to an activating group) is 1. The molecule has 120 valence electrons. The fourth-order valence-electron chi connectivity index (χ4n) is 2.22. The van der Waals surface area contributed by atoms with Gasteiger partial charge in [0, 0.05) is 17.5 Å². The van der Waals surface area contributed by atoms with Gasteiger partial charge in [-0.3, -0.25) is 4.79 Å². The zero-order chi connectivity index (χ0) is 16.2. The smallest absolute Gasteiger partial charge is 0.273 e. The summed E-state index contributed by atoms with van der Waals surface area (Å²) in [4.78, 5) is 16.5. The van der Waals surface area contributed by atoms with Crippen molar-refractivity contribution in [3.05, 3.63) is 51.7 Å². The van der Waals surface area contributed by atoms with Gasteiger partial charge in [0.05, 0.1) is 10.9 Å². The van der Waals surface area contributed by atoms with Crippen molar-refractivity contribution in [1.29, 1.82) is 0 Å². The lowest BCUT2D eigenvalue weighted by Crippen LogP contribution is -2.34. The number of aromatic nitrogens is 1. The van der Waals surface area contributed by atoms with E-state index in [-0.39, 0.29) is 11.9 Å². The van der Waals surface area contributed by atoms with Crippen molar-refractivity contribution in [3.63, 3.8) is 0 Å². The van der Waals surface area contributed by atoms with Crippen LogP contribution in [0.4, 0.5) is 0 Å². The van der Waals surface area contributed by atoms with Crippen LogP contribution in [0.3, 0.4) is 0 Å². The van der Waals surface area contributed by atoms with Crippen LogP contribution < -0.4 is 5.32 Å². The molecule has 3 rings (SSSR count). The molecule has 0 saturated carbocycles. The van der Waals surface area contributed by atoms with Gasteiger partial charge in [0.15, 0.2) is 11.5 Å². The molecule has 0 aliphatic rings.